The molecule has 5 heteroatoms. The average molecular weight is 264 g/mol. The van der Waals surface area contributed by atoms with E-state index in [-0.39, 0.29) is 23.6 Å². The van der Waals surface area contributed by atoms with Crippen molar-refractivity contribution in [3.8, 4) is 0 Å². The van der Waals surface area contributed by atoms with E-state index in [1.54, 1.807) is 6.07 Å². The average Bonchev–Trinajstić information content (AvgIpc) is 2.28. The number of amides is 1. The largest absolute Gasteiger partial charge is 0.478 e. The minimum absolute atomic E-state index is 0.144. The van der Waals surface area contributed by atoms with Crippen LogP contribution < -0.4 is 10.6 Å². The van der Waals surface area contributed by atoms with E-state index >= 15 is 0 Å². The number of benzene rings is 1. The second-order valence-corrected chi connectivity index (χ2v) is 5.49. The maximum Gasteiger partial charge on any atom is 0.335 e. The third-order valence-electron chi connectivity index (χ3n) is 2.54. The predicted octanol–water partition coefficient (Wildman–Crippen LogP) is 2.02. The van der Waals surface area contributed by atoms with Crippen molar-refractivity contribution in [3.63, 3.8) is 0 Å². The lowest BCUT2D eigenvalue weighted by molar-refractivity contribution is -0.115. The molecule has 0 bridgehead atoms. The fraction of sp³-hybridized carbons (Fsp3) is 0.429. The van der Waals surface area contributed by atoms with Crippen molar-refractivity contribution in [1.82, 2.24) is 5.32 Å². The zero-order chi connectivity index (χ0) is 14.6. The summed E-state index contributed by atoms with van der Waals surface area (Å²) in [6, 6.07) is 4.66. The first kappa shape index (κ1) is 15.2. The lowest BCUT2D eigenvalue weighted by atomic mass is 10.1. The maximum atomic E-state index is 11.8. The summed E-state index contributed by atoms with van der Waals surface area (Å²) >= 11 is 0. The van der Waals surface area contributed by atoms with E-state index in [1.807, 2.05) is 27.7 Å². The topological polar surface area (TPSA) is 78.4 Å². The highest BCUT2D eigenvalue weighted by atomic mass is 16.4. The van der Waals surface area contributed by atoms with Gasteiger partial charge in [0.05, 0.1) is 12.1 Å². The van der Waals surface area contributed by atoms with Gasteiger partial charge in [0.15, 0.2) is 0 Å². The summed E-state index contributed by atoms with van der Waals surface area (Å²) in [6.45, 7) is 7.91. The van der Waals surface area contributed by atoms with Crippen LogP contribution in [0.1, 0.15) is 36.7 Å². The molecule has 0 atom stereocenters. The molecule has 0 fully saturated rings. The molecule has 0 aliphatic carbocycles. The Labute approximate surface area is 113 Å². The summed E-state index contributed by atoms with van der Waals surface area (Å²) < 4.78 is 0. The van der Waals surface area contributed by atoms with Gasteiger partial charge in [0.2, 0.25) is 5.91 Å². The fourth-order valence-electron chi connectivity index (χ4n) is 1.43. The van der Waals surface area contributed by atoms with Crippen LogP contribution in [0, 0.1) is 6.92 Å². The van der Waals surface area contributed by atoms with Crippen molar-refractivity contribution < 1.29 is 14.7 Å². The normalized spacial score (nSPS) is 11.2. The van der Waals surface area contributed by atoms with Crippen LogP contribution in [0.5, 0.6) is 0 Å². The zero-order valence-corrected chi connectivity index (χ0v) is 11.7. The number of carbonyl (C=O) groups is 2. The summed E-state index contributed by atoms with van der Waals surface area (Å²) in [5, 5.41) is 14.7. The molecule has 19 heavy (non-hydrogen) atoms. The van der Waals surface area contributed by atoms with Crippen LogP contribution in [-0.2, 0) is 4.79 Å². The molecular formula is C14H20N2O3. The van der Waals surface area contributed by atoms with Gasteiger partial charge in [-0.2, -0.15) is 0 Å². The van der Waals surface area contributed by atoms with Gasteiger partial charge < -0.3 is 15.7 Å². The van der Waals surface area contributed by atoms with Crippen molar-refractivity contribution in [2.45, 2.75) is 33.2 Å². The Morgan fingerprint density at radius 3 is 2.42 bits per heavy atom. The lowest BCUT2D eigenvalue weighted by Gasteiger charge is -2.20. The van der Waals surface area contributed by atoms with Crippen LogP contribution in [0.15, 0.2) is 18.2 Å². The molecule has 3 N–H and O–H groups in total. The van der Waals surface area contributed by atoms with Crippen molar-refractivity contribution >= 4 is 17.6 Å². The van der Waals surface area contributed by atoms with E-state index in [1.165, 1.54) is 12.1 Å². The molecular weight excluding hydrogens is 244 g/mol. The highest BCUT2D eigenvalue weighted by Gasteiger charge is 2.13. The Morgan fingerprint density at radius 1 is 1.26 bits per heavy atom. The summed E-state index contributed by atoms with van der Waals surface area (Å²) in [5.41, 5.74) is 1.37. The SMILES string of the molecule is Cc1ccc(C(=O)O)cc1NC(=O)CNC(C)(C)C. The molecule has 104 valence electrons. The number of aromatic carboxylic acids is 1. The second kappa shape index (κ2) is 5.84. The molecule has 1 aromatic rings. The number of rotatable bonds is 4. The highest BCUT2D eigenvalue weighted by molar-refractivity contribution is 5.95. The Hall–Kier alpha value is -1.88. The molecule has 1 rings (SSSR count). The minimum Gasteiger partial charge on any atom is -0.478 e. The number of anilines is 1. The van der Waals surface area contributed by atoms with Gasteiger partial charge in [0.25, 0.3) is 0 Å². The number of nitrogens with one attached hydrogen (secondary N) is 2. The highest BCUT2D eigenvalue weighted by Crippen LogP contribution is 2.16. The van der Waals surface area contributed by atoms with Crippen molar-refractivity contribution in [2.24, 2.45) is 0 Å². The molecule has 0 saturated carbocycles. The van der Waals surface area contributed by atoms with Gasteiger partial charge in [-0.1, -0.05) is 6.07 Å². The van der Waals surface area contributed by atoms with Crippen molar-refractivity contribution in [3.05, 3.63) is 29.3 Å². The molecule has 0 aromatic heterocycles. The van der Waals surface area contributed by atoms with E-state index in [0.29, 0.717) is 5.69 Å². The number of hydrogen-bond acceptors (Lipinski definition) is 3. The van der Waals surface area contributed by atoms with Gasteiger partial charge >= 0.3 is 5.97 Å². The predicted molar refractivity (Wildman–Crippen MR) is 74.5 cm³/mol. The summed E-state index contributed by atoms with van der Waals surface area (Å²) in [4.78, 5) is 22.7. The summed E-state index contributed by atoms with van der Waals surface area (Å²) in [6.07, 6.45) is 0. The first-order chi connectivity index (χ1) is 8.69. The van der Waals surface area contributed by atoms with Crippen LogP contribution in [-0.4, -0.2) is 29.1 Å². The van der Waals surface area contributed by atoms with E-state index in [0.717, 1.165) is 5.56 Å². The van der Waals surface area contributed by atoms with Crippen LogP contribution in [0.4, 0.5) is 5.69 Å². The first-order valence-corrected chi connectivity index (χ1v) is 6.08. The third-order valence-corrected chi connectivity index (χ3v) is 2.54. The number of hydrogen-bond donors (Lipinski definition) is 3. The maximum absolute atomic E-state index is 11.8. The number of aryl methyl sites for hydroxylation is 1. The molecule has 0 heterocycles. The lowest BCUT2D eigenvalue weighted by Crippen LogP contribution is -2.41. The third kappa shape index (κ3) is 5.09. The monoisotopic (exact) mass is 264 g/mol. The van der Waals surface area contributed by atoms with E-state index in [4.69, 9.17) is 5.11 Å². The van der Waals surface area contributed by atoms with Crippen molar-refractivity contribution in [2.75, 3.05) is 11.9 Å². The van der Waals surface area contributed by atoms with Gasteiger partial charge in [0.1, 0.15) is 0 Å². The summed E-state index contributed by atoms with van der Waals surface area (Å²) in [7, 11) is 0. The first-order valence-electron chi connectivity index (χ1n) is 6.08. The number of carboxylic acid groups (broad SMARTS) is 1. The Balaban J connectivity index is 2.73. The van der Waals surface area contributed by atoms with Crippen LogP contribution >= 0.6 is 0 Å². The molecule has 1 aromatic carbocycles. The van der Waals surface area contributed by atoms with Gasteiger partial charge in [-0.15, -0.1) is 0 Å². The van der Waals surface area contributed by atoms with Gasteiger partial charge in [-0.3, -0.25) is 4.79 Å². The quantitative estimate of drug-likeness (QED) is 0.777. The molecule has 0 aliphatic rings. The van der Waals surface area contributed by atoms with E-state index in [9.17, 15) is 9.59 Å². The standard InChI is InChI=1S/C14H20N2O3/c1-9-5-6-10(13(18)19)7-11(9)16-12(17)8-15-14(2,3)4/h5-7,15H,8H2,1-4H3,(H,16,17)(H,18,19). The Kier molecular flexibility index (Phi) is 4.67. The molecule has 0 radical (unpaired) electrons. The smallest absolute Gasteiger partial charge is 0.335 e. The molecule has 0 unspecified atom stereocenters. The molecule has 5 nitrogen and oxygen atoms in total. The number of carbonyl (C=O) groups excluding carboxylic acids is 1. The van der Waals surface area contributed by atoms with E-state index in [2.05, 4.69) is 10.6 Å². The number of carboxylic acids is 1. The van der Waals surface area contributed by atoms with E-state index < -0.39 is 5.97 Å². The summed E-state index contributed by atoms with van der Waals surface area (Å²) in [5.74, 6) is -1.20. The van der Waals surface area contributed by atoms with Crippen LogP contribution in [0.2, 0.25) is 0 Å². The van der Waals surface area contributed by atoms with Gasteiger partial charge in [0, 0.05) is 11.2 Å². The molecule has 0 spiro atoms. The van der Waals surface area contributed by atoms with Crippen LogP contribution in [0.25, 0.3) is 0 Å². The molecule has 0 saturated heterocycles. The van der Waals surface area contributed by atoms with Crippen LogP contribution in [0.3, 0.4) is 0 Å². The van der Waals surface area contributed by atoms with Crippen molar-refractivity contribution in [1.29, 1.82) is 0 Å². The fourth-order valence-corrected chi connectivity index (χ4v) is 1.43. The van der Waals surface area contributed by atoms with Gasteiger partial charge in [-0.05, 0) is 45.4 Å². The molecule has 0 aliphatic heterocycles. The Morgan fingerprint density at radius 2 is 1.89 bits per heavy atom. The second-order valence-electron chi connectivity index (χ2n) is 5.49. The van der Waals surface area contributed by atoms with Gasteiger partial charge in [-0.25, -0.2) is 4.79 Å². The minimum atomic E-state index is -1.01. The Bertz CT molecular complexity index is 490. The molecule has 1 amide bonds. The zero-order valence-electron chi connectivity index (χ0n) is 11.7.